The summed E-state index contributed by atoms with van der Waals surface area (Å²) in [6, 6.07) is 16.6. The Balaban J connectivity index is 1.79. The largest absolute Gasteiger partial charge is 0.480 e. The molecule has 3 aromatic carbocycles. The number of carbonyl (C=O) groups is 3. The molecule has 2 atom stereocenters. The third-order valence-corrected chi connectivity index (χ3v) is 4.94. The maximum Gasteiger partial charge on any atom is 0.326 e. The van der Waals surface area contributed by atoms with Gasteiger partial charge in [-0.3, -0.25) is 9.59 Å². The molecule has 0 aliphatic heterocycles. The second kappa shape index (κ2) is 9.84. The number of hydrogen-bond acceptors (Lipinski definition) is 3. The summed E-state index contributed by atoms with van der Waals surface area (Å²) >= 11 is 0. The number of hydrogen-bond donors (Lipinski definition) is 3. The monoisotopic (exact) mass is 422 g/mol. The second-order valence-corrected chi connectivity index (χ2v) is 7.33. The highest BCUT2D eigenvalue weighted by atomic mass is 19.1. The average molecular weight is 422 g/mol. The van der Waals surface area contributed by atoms with Crippen LogP contribution in [0.3, 0.4) is 0 Å². The Morgan fingerprint density at radius 2 is 1.61 bits per heavy atom. The van der Waals surface area contributed by atoms with Crippen LogP contribution in [0.1, 0.15) is 18.1 Å². The average Bonchev–Trinajstić information content (AvgIpc) is 2.72. The standard InChI is InChI=1S/C24H23FN2O4/c1-15(28)26-21(13-16-6-4-10-19(25)12-16)23(29)27-22(24(30)31)14-18-9-5-8-17-7-2-3-11-20(17)18/h2-12,21-22H,13-14H2,1H3,(H,26,28)(H,27,29)(H,30,31)/t21-,22-/m0/s1. The molecule has 0 spiro atoms. The second-order valence-electron chi connectivity index (χ2n) is 7.33. The molecule has 3 aromatic rings. The van der Waals surface area contributed by atoms with Gasteiger partial charge in [-0.15, -0.1) is 0 Å². The van der Waals surface area contributed by atoms with Crippen molar-refractivity contribution in [1.82, 2.24) is 10.6 Å². The summed E-state index contributed by atoms with van der Waals surface area (Å²) in [6.07, 6.45) is 0.110. The van der Waals surface area contributed by atoms with Crippen molar-refractivity contribution in [2.75, 3.05) is 0 Å². The zero-order chi connectivity index (χ0) is 22.4. The van der Waals surface area contributed by atoms with E-state index < -0.39 is 35.7 Å². The number of nitrogens with one attached hydrogen (secondary N) is 2. The van der Waals surface area contributed by atoms with Gasteiger partial charge in [0.15, 0.2) is 0 Å². The van der Waals surface area contributed by atoms with Crippen LogP contribution in [-0.2, 0) is 27.2 Å². The molecule has 6 nitrogen and oxygen atoms in total. The Kier molecular flexibility index (Phi) is 6.97. The van der Waals surface area contributed by atoms with E-state index in [2.05, 4.69) is 10.6 Å². The van der Waals surface area contributed by atoms with Crippen LogP contribution in [0.5, 0.6) is 0 Å². The molecule has 0 fully saturated rings. The van der Waals surface area contributed by atoms with E-state index >= 15 is 0 Å². The summed E-state index contributed by atoms with van der Waals surface area (Å²) in [6.45, 7) is 1.26. The fraction of sp³-hybridized carbons (Fsp3) is 0.208. The summed E-state index contributed by atoms with van der Waals surface area (Å²) in [7, 11) is 0. The molecule has 0 saturated heterocycles. The van der Waals surface area contributed by atoms with E-state index in [4.69, 9.17) is 0 Å². The maximum absolute atomic E-state index is 13.5. The minimum atomic E-state index is -1.19. The summed E-state index contributed by atoms with van der Waals surface area (Å²) in [5, 5.41) is 16.6. The quantitative estimate of drug-likeness (QED) is 0.520. The first kappa shape index (κ1) is 22.0. The predicted octanol–water partition coefficient (Wildman–Crippen LogP) is 2.84. The van der Waals surface area contributed by atoms with Gasteiger partial charge in [-0.1, -0.05) is 54.6 Å². The molecule has 160 valence electrons. The van der Waals surface area contributed by atoms with E-state index in [0.717, 1.165) is 16.3 Å². The van der Waals surface area contributed by atoms with Gasteiger partial charge in [0.1, 0.15) is 17.9 Å². The van der Waals surface area contributed by atoms with Gasteiger partial charge >= 0.3 is 5.97 Å². The Hall–Kier alpha value is -3.74. The summed E-state index contributed by atoms with van der Waals surface area (Å²) in [5.41, 5.74) is 1.29. The summed E-state index contributed by atoms with van der Waals surface area (Å²) < 4.78 is 13.5. The first-order valence-electron chi connectivity index (χ1n) is 9.85. The third-order valence-electron chi connectivity index (χ3n) is 4.94. The molecule has 0 aliphatic carbocycles. The molecule has 31 heavy (non-hydrogen) atoms. The van der Waals surface area contributed by atoms with Crippen LogP contribution in [0.2, 0.25) is 0 Å². The van der Waals surface area contributed by atoms with Crippen LogP contribution in [0.15, 0.2) is 66.7 Å². The van der Waals surface area contributed by atoms with Crippen LogP contribution < -0.4 is 10.6 Å². The minimum absolute atomic E-state index is 0.0315. The Labute approximate surface area is 179 Å². The van der Waals surface area contributed by atoms with Gasteiger partial charge in [-0.05, 0) is 34.0 Å². The van der Waals surface area contributed by atoms with Gasteiger partial charge < -0.3 is 15.7 Å². The minimum Gasteiger partial charge on any atom is -0.480 e. The maximum atomic E-state index is 13.5. The van der Waals surface area contributed by atoms with Gasteiger partial charge in [0.2, 0.25) is 11.8 Å². The van der Waals surface area contributed by atoms with Gasteiger partial charge in [0.05, 0.1) is 0 Å². The molecule has 0 aliphatic rings. The molecular formula is C24H23FN2O4. The van der Waals surface area contributed by atoms with Crippen molar-refractivity contribution in [2.45, 2.75) is 31.8 Å². The van der Waals surface area contributed by atoms with E-state index in [-0.39, 0.29) is 12.8 Å². The highest BCUT2D eigenvalue weighted by Gasteiger charge is 2.27. The lowest BCUT2D eigenvalue weighted by Gasteiger charge is -2.21. The van der Waals surface area contributed by atoms with Crippen molar-refractivity contribution in [3.63, 3.8) is 0 Å². The first-order valence-corrected chi connectivity index (χ1v) is 9.85. The highest BCUT2D eigenvalue weighted by Crippen LogP contribution is 2.20. The van der Waals surface area contributed by atoms with E-state index in [1.807, 2.05) is 42.5 Å². The highest BCUT2D eigenvalue weighted by molar-refractivity contribution is 5.91. The van der Waals surface area contributed by atoms with Crippen molar-refractivity contribution in [1.29, 1.82) is 0 Å². The van der Waals surface area contributed by atoms with Crippen LogP contribution in [0, 0.1) is 5.82 Å². The lowest BCUT2D eigenvalue weighted by molar-refractivity contribution is -0.142. The Morgan fingerprint density at radius 3 is 2.32 bits per heavy atom. The molecular weight excluding hydrogens is 399 g/mol. The fourth-order valence-electron chi connectivity index (χ4n) is 3.52. The number of halogens is 1. The van der Waals surface area contributed by atoms with Gasteiger partial charge in [0.25, 0.3) is 0 Å². The molecule has 7 heteroatoms. The molecule has 0 radical (unpaired) electrons. The lowest BCUT2D eigenvalue weighted by atomic mass is 9.98. The van der Waals surface area contributed by atoms with Crippen molar-refractivity contribution < 1.29 is 23.9 Å². The fourth-order valence-corrected chi connectivity index (χ4v) is 3.52. The third kappa shape index (κ3) is 5.88. The first-order chi connectivity index (χ1) is 14.8. The van der Waals surface area contributed by atoms with Gasteiger partial charge in [0, 0.05) is 19.8 Å². The number of amides is 2. The molecule has 2 amide bonds. The molecule has 0 bridgehead atoms. The van der Waals surface area contributed by atoms with Crippen molar-refractivity contribution >= 4 is 28.6 Å². The van der Waals surface area contributed by atoms with Gasteiger partial charge in [-0.2, -0.15) is 0 Å². The van der Waals surface area contributed by atoms with Crippen molar-refractivity contribution in [3.05, 3.63) is 83.7 Å². The normalized spacial score (nSPS) is 12.7. The van der Waals surface area contributed by atoms with Crippen LogP contribution in [0.4, 0.5) is 4.39 Å². The molecule has 3 N–H and O–H groups in total. The van der Waals surface area contributed by atoms with E-state index in [1.54, 1.807) is 6.07 Å². The molecule has 0 unspecified atom stereocenters. The molecule has 0 saturated carbocycles. The number of aliphatic carboxylic acids is 1. The Morgan fingerprint density at radius 1 is 0.903 bits per heavy atom. The number of rotatable bonds is 8. The summed E-state index contributed by atoms with van der Waals surface area (Å²) in [5.74, 6) is -2.74. The molecule has 0 heterocycles. The zero-order valence-electron chi connectivity index (χ0n) is 17.0. The lowest BCUT2D eigenvalue weighted by Crippen LogP contribution is -2.52. The van der Waals surface area contributed by atoms with Crippen LogP contribution >= 0.6 is 0 Å². The van der Waals surface area contributed by atoms with Gasteiger partial charge in [-0.25, -0.2) is 9.18 Å². The molecule has 3 rings (SSSR count). The summed E-state index contributed by atoms with van der Waals surface area (Å²) in [4.78, 5) is 36.3. The number of carbonyl (C=O) groups excluding carboxylic acids is 2. The smallest absolute Gasteiger partial charge is 0.326 e. The number of carboxylic acids is 1. The number of benzene rings is 3. The van der Waals surface area contributed by atoms with E-state index in [1.165, 1.54) is 25.1 Å². The van der Waals surface area contributed by atoms with Crippen LogP contribution in [-0.4, -0.2) is 35.0 Å². The topological polar surface area (TPSA) is 95.5 Å². The van der Waals surface area contributed by atoms with E-state index in [9.17, 15) is 23.9 Å². The van der Waals surface area contributed by atoms with Crippen molar-refractivity contribution in [3.8, 4) is 0 Å². The zero-order valence-corrected chi connectivity index (χ0v) is 17.0. The predicted molar refractivity (Wildman–Crippen MR) is 115 cm³/mol. The van der Waals surface area contributed by atoms with E-state index in [0.29, 0.717) is 5.56 Å². The van der Waals surface area contributed by atoms with Crippen molar-refractivity contribution in [2.24, 2.45) is 0 Å². The Bertz CT molecular complexity index is 1110. The number of fused-ring (bicyclic) bond motifs is 1. The molecule has 0 aromatic heterocycles. The number of carboxylic acid groups (broad SMARTS) is 1. The van der Waals surface area contributed by atoms with Crippen LogP contribution in [0.25, 0.3) is 10.8 Å². The SMILES string of the molecule is CC(=O)N[C@@H](Cc1cccc(F)c1)C(=O)N[C@@H](Cc1cccc2ccccc12)C(=O)O.